The van der Waals surface area contributed by atoms with E-state index < -0.39 is 0 Å². The lowest BCUT2D eigenvalue weighted by Gasteiger charge is -2.17. The zero-order valence-electron chi connectivity index (χ0n) is 8.42. The summed E-state index contributed by atoms with van der Waals surface area (Å²) in [7, 11) is 0. The molecule has 0 aromatic carbocycles. The topological polar surface area (TPSA) is 54.9 Å². The molecule has 0 fully saturated rings. The van der Waals surface area contributed by atoms with Crippen LogP contribution in [-0.2, 0) is 17.6 Å². The minimum atomic E-state index is 0.0534. The first-order chi connectivity index (χ1) is 6.70. The van der Waals surface area contributed by atoms with Crippen LogP contribution in [0.4, 0.5) is 5.82 Å². The first-order valence-corrected chi connectivity index (χ1v) is 4.87. The minimum absolute atomic E-state index is 0.0534. The molecule has 0 bridgehead atoms. The lowest BCUT2D eigenvalue weighted by Crippen LogP contribution is -2.22. The van der Waals surface area contributed by atoms with E-state index in [1.807, 2.05) is 13.8 Å². The molecule has 1 aromatic heterocycles. The molecule has 0 spiro atoms. The van der Waals surface area contributed by atoms with Gasteiger partial charge in [0.15, 0.2) is 0 Å². The van der Waals surface area contributed by atoms with Gasteiger partial charge in [0.25, 0.3) is 0 Å². The first kappa shape index (κ1) is 9.12. The largest absolute Gasteiger partial charge is 0.310 e. The van der Waals surface area contributed by atoms with Gasteiger partial charge < -0.3 is 5.32 Å². The van der Waals surface area contributed by atoms with Crippen molar-refractivity contribution in [1.82, 2.24) is 9.97 Å². The lowest BCUT2D eigenvalue weighted by molar-refractivity contribution is -0.116. The zero-order chi connectivity index (χ0) is 10.1. The Morgan fingerprint density at radius 1 is 1.36 bits per heavy atom. The van der Waals surface area contributed by atoms with Crippen LogP contribution in [0.1, 0.15) is 30.4 Å². The second-order valence-electron chi connectivity index (χ2n) is 3.45. The maximum Gasteiger partial charge on any atom is 0.225 e. The summed E-state index contributed by atoms with van der Waals surface area (Å²) in [6.07, 6.45) is 2.10. The van der Waals surface area contributed by atoms with Crippen LogP contribution < -0.4 is 5.32 Å². The number of anilines is 1. The quantitative estimate of drug-likeness (QED) is 0.726. The maximum atomic E-state index is 11.2. The predicted molar refractivity (Wildman–Crippen MR) is 53.1 cm³/mol. The van der Waals surface area contributed by atoms with Crippen LogP contribution in [-0.4, -0.2) is 15.9 Å². The fraction of sp³-hybridized carbons (Fsp3) is 0.500. The minimum Gasteiger partial charge on any atom is -0.310 e. The average Bonchev–Trinajstić information content (AvgIpc) is 2.16. The molecule has 2 heterocycles. The van der Waals surface area contributed by atoms with Crippen molar-refractivity contribution >= 4 is 11.7 Å². The molecule has 1 N–H and O–H groups in total. The molecular weight excluding hydrogens is 178 g/mol. The predicted octanol–water partition coefficient (Wildman–Crippen LogP) is 1.23. The number of hydrogen-bond donors (Lipinski definition) is 1. The van der Waals surface area contributed by atoms with Crippen LogP contribution in [0.3, 0.4) is 0 Å². The summed E-state index contributed by atoms with van der Waals surface area (Å²) in [6.45, 7) is 3.98. The van der Waals surface area contributed by atoms with E-state index in [2.05, 4.69) is 15.3 Å². The van der Waals surface area contributed by atoms with Crippen molar-refractivity contribution in [3.63, 3.8) is 0 Å². The Hall–Kier alpha value is -1.45. The van der Waals surface area contributed by atoms with Crippen molar-refractivity contribution in [2.45, 2.75) is 33.1 Å². The summed E-state index contributed by atoms with van der Waals surface area (Å²) in [5.74, 6) is 1.56. The summed E-state index contributed by atoms with van der Waals surface area (Å²) in [4.78, 5) is 19.8. The van der Waals surface area contributed by atoms with Crippen LogP contribution in [0.5, 0.6) is 0 Å². The van der Waals surface area contributed by atoms with Gasteiger partial charge in [-0.05, 0) is 13.3 Å². The third kappa shape index (κ3) is 1.47. The third-order valence-electron chi connectivity index (χ3n) is 2.44. The Morgan fingerprint density at radius 2 is 2.14 bits per heavy atom. The number of nitrogens with zero attached hydrogens (tertiary/aromatic N) is 2. The highest BCUT2D eigenvalue weighted by Crippen LogP contribution is 2.22. The number of aromatic nitrogens is 2. The fourth-order valence-electron chi connectivity index (χ4n) is 1.65. The summed E-state index contributed by atoms with van der Waals surface area (Å²) >= 11 is 0. The number of hydrogen-bond acceptors (Lipinski definition) is 3. The Kier molecular flexibility index (Phi) is 2.19. The highest BCUT2D eigenvalue weighted by atomic mass is 16.1. The maximum absolute atomic E-state index is 11.2. The van der Waals surface area contributed by atoms with E-state index in [9.17, 15) is 4.79 Å². The van der Waals surface area contributed by atoms with Gasteiger partial charge in [0.2, 0.25) is 5.91 Å². The van der Waals surface area contributed by atoms with Gasteiger partial charge in [0, 0.05) is 24.1 Å². The lowest BCUT2D eigenvalue weighted by atomic mass is 10.1. The normalized spacial score (nSPS) is 14.9. The molecule has 14 heavy (non-hydrogen) atoms. The monoisotopic (exact) mass is 191 g/mol. The van der Waals surface area contributed by atoms with E-state index >= 15 is 0 Å². The molecule has 0 saturated carbocycles. The molecule has 4 nitrogen and oxygen atoms in total. The van der Waals surface area contributed by atoms with Crippen molar-refractivity contribution < 1.29 is 4.79 Å². The van der Waals surface area contributed by atoms with Crippen molar-refractivity contribution in [2.75, 3.05) is 5.32 Å². The third-order valence-corrected chi connectivity index (χ3v) is 2.44. The van der Waals surface area contributed by atoms with Gasteiger partial charge in [-0.25, -0.2) is 9.97 Å². The molecule has 1 aromatic rings. The van der Waals surface area contributed by atoms with Crippen LogP contribution in [0.25, 0.3) is 0 Å². The highest BCUT2D eigenvalue weighted by molar-refractivity contribution is 5.92. The Balaban J connectivity index is 2.48. The van der Waals surface area contributed by atoms with Crippen molar-refractivity contribution in [3.8, 4) is 0 Å². The number of rotatable bonds is 1. The Morgan fingerprint density at radius 3 is 2.86 bits per heavy atom. The van der Waals surface area contributed by atoms with Crippen LogP contribution in [0.15, 0.2) is 0 Å². The van der Waals surface area contributed by atoms with Crippen LogP contribution >= 0.6 is 0 Å². The molecule has 0 radical (unpaired) electrons. The second kappa shape index (κ2) is 3.36. The van der Waals surface area contributed by atoms with E-state index in [-0.39, 0.29) is 5.91 Å². The second-order valence-corrected chi connectivity index (χ2v) is 3.45. The highest BCUT2D eigenvalue weighted by Gasteiger charge is 2.18. The van der Waals surface area contributed by atoms with Crippen LogP contribution in [0.2, 0.25) is 0 Å². The molecule has 1 aliphatic rings. The number of nitrogens with one attached hydrogen (secondary N) is 1. The molecule has 0 saturated heterocycles. The number of fused-ring (bicyclic) bond motifs is 1. The molecule has 0 unspecified atom stereocenters. The first-order valence-electron chi connectivity index (χ1n) is 4.87. The fourth-order valence-corrected chi connectivity index (χ4v) is 1.65. The van der Waals surface area contributed by atoms with E-state index in [0.717, 1.165) is 29.9 Å². The molecule has 1 amide bonds. The SMILES string of the molecule is CCc1nc(C)c2c(n1)NC(=O)CC2. The average molecular weight is 191 g/mol. The van der Waals surface area contributed by atoms with E-state index in [1.54, 1.807) is 0 Å². The molecule has 1 aliphatic heterocycles. The number of carbonyl (C=O) groups is 1. The van der Waals surface area contributed by atoms with Gasteiger partial charge >= 0.3 is 0 Å². The van der Waals surface area contributed by atoms with Gasteiger partial charge in [0.1, 0.15) is 11.6 Å². The van der Waals surface area contributed by atoms with Gasteiger partial charge in [-0.15, -0.1) is 0 Å². The molecule has 2 rings (SSSR count). The van der Waals surface area contributed by atoms with Gasteiger partial charge in [-0.2, -0.15) is 0 Å². The zero-order valence-corrected chi connectivity index (χ0v) is 8.42. The van der Waals surface area contributed by atoms with Crippen molar-refractivity contribution in [1.29, 1.82) is 0 Å². The number of aryl methyl sites for hydroxylation is 2. The van der Waals surface area contributed by atoms with E-state index in [1.165, 1.54) is 0 Å². The Labute approximate surface area is 82.8 Å². The summed E-state index contributed by atoms with van der Waals surface area (Å²) < 4.78 is 0. The van der Waals surface area contributed by atoms with E-state index in [4.69, 9.17) is 0 Å². The summed E-state index contributed by atoms with van der Waals surface area (Å²) in [5, 5.41) is 2.79. The molecule has 0 aliphatic carbocycles. The van der Waals surface area contributed by atoms with Crippen molar-refractivity contribution in [3.05, 3.63) is 17.1 Å². The molecule has 0 atom stereocenters. The standard InChI is InChI=1S/C10H13N3O/c1-3-8-11-6(2)7-4-5-9(14)13-10(7)12-8/h3-5H2,1-2H3,(H,11,12,13,14). The smallest absolute Gasteiger partial charge is 0.225 e. The van der Waals surface area contributed by atoms with E-state index in [0.29, 0.717) is 12.2 Å². The number of amides is 1. The molecule has 74 valence electrons. The van der Waals surface area contributed by atoms with Crippen molar-refractivity contribution in [2.24, 2.45) is 0 Å². The number of carbonyl (C=O) groups excluding carboxylic acids is 1. The summed E-state index contributed by atoms with van der Waals surface area (Å²) in [6, 6.07) is 0. The van der Waals surface area contributed by atoms with Crippen LogP contribution in [0, 0.1) is 6.92 Å². The summed E-state index contributed by atoms with van der Waals surface area (Å²) in [5.41, 5.74) is 2.08. The van der Waals surface area contributed by atoms with Gasteiger partial charge in [-0.3, -0.25) is 4.79 Å². The Bertz CT molecular complexity index is 387. The molecular formula is C10H13N3O. The van der Waals surface area contributed by atoms with Gasteiger partial charge in [0.05, 0.1) is 0 Å². The van der Waals surface area contributed by atoms with Gasteiger partial charge in [-0.1, -0.05) is 6.92 Å². The molecule has 4 heteroatoms.